The summed E-state index contributed by atoms with van der Waals surface area (Å²) in [6.07, 6.45) is 5.69. The van der Waals surface area contributed by atoms with Crippen LogP contribution in [-0.4, -0.2) is 11.1 Å². The van der Waals surface area contributed by atoms with Crippen LogP contribution < -0.4 is 0 Å². The van der Waals surface area contributed by atoms with E-state index in [2.05, 4.69) is 6.08 Å². The molecule has 0 heterocycles. The van der Waals surface area contributed by atoms with Crippen LogP contribution in [0.3, 0.4) is 0 Å². The van der Waals surface area contributed by atoms with E-state index in [-0.39, 0.29) is 0 Å². The number of hydrogen-bond donors (Lipinski definition) is 1. The molecule has 2 nitrogen and oxygen atoms in total. The zero-order valence-corrected chi connectivity index (χ0v) is 7.86. The quantitative estimate of drug-likeness (QED) is 0.774. The van der Waals surface area contributed by atoms with E-state index in [1.807, 2.05) is 6.07 Å². The zero-order chi connectivity index (χ0) is 9.97. The van der Waals surface area contributed by atoms with Crippen molar-refractivity contribution < 1.29 is 9.90 Å². The molecule has 0 atom stereocenters. The molecule has 0 bridgehead atoms. The Kier molecular flexibility index (Phi) is 2.35. The van der Waals surface area contributed by atoms with E-state index in [0.29, 0.717) is 5.56 Å². The number of aromatic carboxylic acids is 1. The monoisotopic (exact) mass is 188 g/mol. The fourth-order valence-corrected chi connectivity index (χ4v) is 1.52. The fraction of sp³-hybridized carbons (Fsp3) is 0.250. The Bertz CT molecular complexity index is 385. The number of hydrogen-bond acceptors (Lipinski definition) is 1. The van der Waals surface area contributed by atoms with E-state index < -0.39 is 5.97 Å². The van der Waals surface area contributed by atoms with E-state index in [4.69, 9.17) is 5.11 Å². The van der Waals surface area contributed by atoms with E-state index in [1.165, 1.54) is 12.0 Å². The highest BCUT2D eigenvalue weighted by atomic mass is 16.4. The van der Waals surface area contributed by atoms with Gasteiger partial charge < -0.3 is 5.11 Å². The Morgan fingerprint density at radius 3 is 2.71 bits per heavy atom. The van der Waals surface area contributed by atoms with Gasteiger partial charge in [-0.25, -0.2) is 4.79 Å². The van der Waals surface area contributed by atoms with Gasteiger partial charge in [-0.2, -0.15) is 0 Å². The first-order chi connectivity index (χ1) is 6.75. The van der Waals surface area contributed by atoms with Gasteiger partial charge in [-0.3, -0.25) is 0 Å². The molecule has 1 aliphatic carbocycles. The SMILES string of the molecule is O=C(O)c1cccc(C=C2CCC2)c1. The largest absolute Gasteiger partial charge is 0.478 e. The van der Waals surface area contributed by atoms with Crippen molar-refractivity contribution in [3.8, 4) is 0 Å². The second-order valence-corrected chi connectivity index (χ2v) is 3.59. The van der Waals surface area contributed by atoms with Gasteiger partial charge in [0.05, 0.1) is 5.56 Å². The summed E-state index contributed by atoms with van der Waals surface area (Å²) in [4.78, 5) is 10.7. The van der Waals surface area contributed by atoms with Crippen LogP contribution in [0.5, 0.6) is 0 Å². The first-order valence-corrected chi connectivity index (χ1v) is 4.78. The molecule has 72 valence electrons. The van der Waals surface area contributed by atoms with E-state index >= 15 is 0 Å². The molecule has 1 aromatic rings. The molecule has 0 radical (unpaired) electrons. The Balaban J connectivity index is 2.25. The molecular weight excluding hydrogens is 176 g/mol. The number of carboxylic acids is 1. The van der Waals surface area contributed by atoms with Gasteiger partial charge >= 0.3 is 5.97 Å². The van der Waals surface area contributed by atoms with Crippen LogP contribution in [0.15, 0.2) is 29.8 Å². The summed E-state index contributed by atoms with van der Waals surface area (Å²) in [6.45, 7) is 0. The lowest BCUT2D eigenvalue weighted by Gasteiger charge is -2.15. The minimum atomic E-state index is -0.862. The van der Waals surface area contributed by atoms with Gasteiger partial charge in [0.2, 0.25) is 0 Å². The third kappa shape index (κ3) is 1.84. The third-order valence-electron chi connectivity index (χ3n) is 2.50. The highest BCUT2D eigenvalue weighted by molar-refractivity contribution is 5.88. The Labute approximate surface area is 82.9 Å². The molecule has 2 heteroatoms. The summed E-state index contributed by atoms with van der Waals surface area (Å²) in [7, 11) is 0. The topological polar surface area (TPSA) is 37.3 Å². The molecule has 2 rings (SSSR count). The first kappa shape index (κ1) is 9.00. The lowest BCUT2D eigenvalue weighted by atomic mass is 9.90. The van der Waals surface area contributed by atoms with Crippen LogP contribution in [0.2, 0.25) is 0 Å². The second kappa shape index (κ2) is 3.66. The van der Waals surface area contributed by atoms with Crippen molar-refractivity contribution in [2.24, 2.45) is 0 Å². The van der Waals surface area contributed by atoms with Crippen molar-refractivity contribution in [3.05, 3.63) is 41.0 Å². The Hall–Kier alpha value is -1.57. The predicted molar refractivity (Wildman–Crippen MR) is 55.2 cm³/mol. The summed E-state index contributed by atoms with van der Waals surface area (Å²) < 4.78 is 0. The normalized spacial score (nSPS) is 14.7. The molecule has 1 saturated carbocycles. The van der Waals surface area contributed by atoms with Gasteiger partial charge in [-0.05, 0) is 37.0 Å². The molecule has 0 spiro atoms. The molecular formula is C12H12O2. The van der Waals surface area contributed by atoms with Crippen molar-refractivity contribution in [3.63, 3.8) is 0 Å². The Morgan fingerprint density at radius 1 is 1.36 bits per heavy atom. The highest BCUT2D eigenvalue weighted by Crippen LogP contribution is 2.27. The number of benzene rings is 1. The van der Waals surface area contributed by atoms with Gasteiger partial charge in [0.1, 0.15) is 0 Å². The summed E-state index contributed by atoms with van der Waals surface area (Å²) >= 11 is 0. The van der Waals surface area contributed by atoms with Crippen molar-refractivity contribution in [2.75, 3.05) is 0 Å². The molecule has 14 heavy (non-hydrogen) atoms. The molecule has 1 aliphatic rings. The highest BCUT2D eigenvalue weighted by Gasteiger charge is 2.08. The van der Waals surface area contributed by atoms with Crippen LogP contribution in [0.25, 0.3) is 6.08 Å². The van der Waals surface area contributed by atoms with Crippen molar-refractivity contribution in [1.29, 1.82) is 0 Å². The van der Waals surface area contributed by atoms with Crippen molar-refractivity contribution >= 4 is 12.0 Å². The number of carbonyl (C=O) groups is 1. The summed E-state index contributed by atoms with van der Waals surface area (Å²) in [5.74, 6) is -0.862. The molecule has 1 N–H and O–H groups in total. The lowest BCUT2D eigenvalue weighted by molar-refractivity contribution is 0.0697. The summed E-state index contributed by atoms with van der Waals surface area (Å²) in [6, 6.07) is 7.06. The predicted octanol–water partition coefficient (Wildman–Crippen LogP) is 2.95. The van der Waals surface area contributed by atoms with Gasteiger partial charge in [0.25, 0.3) is 0 Å². The van der Waals surface area contributed by atoms with Crippen LogP contribution >= 0.6 is 0 Å². The lowest BCUT2D eigenvalue weighted by Crippen LogP contribution is -1.98. The molecule has 0 unspecified atom stereocenters. The number of carboxylic acid groups (broad SMARTS) is 1. The van der Waals surface area contributed by atoms with E-state index in [0.717, 1.165) is 18.4 Å². The molecule has 0 aliphatic heterocycles. The summed E-state index contributed by atoms with van der Waals surface area (Å²) in [5, 5.41) is 8.79. The van der Waals surface area contributed by atoms with E-state index in [1.54, 1.807) is 18.2 Å². The van der Waals surface area contributed by atoms with E-state index in [9.17, 15) is 4.79 Å². The average molecular weight is 188 g/mol. The Morgan fingerprint density at radius 2 is 2.14 bits per heavy atom. The molecule has 0 amide bonds. The molecule has 0 aromatic heterocycles. The molecule has 0 saturated heterocycles. The van der Waals surface area contributed by atoms with Crippen LogP contribution in [-0.2, 0) is 0 Å². The van der Waals surface area contributed by atoms with Crippen LogP contribution in [0, 0.1) is 0 Å². The van der Waals surface area contributed by atoms with Crippen molar-refractivity contribution in [1.82, 2.24) is 0 Å². The maximum Gasteiger partial charge on any atom is 0.335 e. The molecule has 1 aromatic carbocycles. The fourth-order valence-electron chi connectivity index (χ4n) is 1.52. The van der Waals surface area contributed by atoms with Gasteiger partial charge in [0.15, 0.2) is 0 Å². The minimum Gasteiger partial charge on any atom is -0.478 e. The average Bonchev–Trinajstić information content (AvgIpc) is 2.12. The zero-order valence-electron chi connectivity index (χ0n) is 7.86. The second-order valence-electron chi connectivity index (χ2n) is 3.59. The number of rotatable bonds is 2. The summed E-state index contributed by atoms with van der Waals surface area (Å²) in [5.41, 5.74) is 2.78. The molecule has 1 fully saturated rings. The van der Waals surface area contributed by atoms with Gasteiger partial charge in [-0.15, -0.1) is 0 Å². The smallest absolute Gasteiger partial charge is 0.335 e. The van der Waals surface area contributed by atoms with Gasteiger partial charge in [0, 0.05) is 0 Å². The first-order valence-electron chi connectivity index (χ1n) is 4.78. The maximum absolute atomic E-state index is 10.7. The standard InChI is InChI=1S/C12H12O2/c13-12(14)11-6-2-5-10(8-11)7-9-3-1-4-9/h2,5-8H,1,3-4H2,(H,13,14). The van der Waals surface area contributed by atoms with Crippen molar-refractivity contribution in [2.45, 2.75) is 19.3 Å². The van der Waals surface area contributed by atoms with Gasteiger partial charge in [-0.1, -0.05) is 23.8 Å². The number of allylic oxidation sites excluding steroid dienone is 1. The third-order valence-corrected chi connectivity index (χ3v) is 2.50. The maximum atomic E-state index is 10.7. The minimum absolute atomic E-state index is 0.360. The van der Waals surface area contributed by atoms with Crippen LogP contribution in [0.1, 0.15) is 35.2 Å². The van der Waals surface area contributed by atoms with Crippen LogP contribution in [0.4, 0.5) is 0 Å².